The van der Waals surface area contributed by atoms with Crippen molar-refractivity contribution in [1.82, 2.24) is 61.0 Å². The fourth-order valence-corrected chi connectivity index (χ4v) is 10.1. The van der Waals surface area contributed by atoms with Crippen LogP contribution in [0.4, 0.5) is 34.4 Å². The van der Waals surface area contributed by atoms with Crippen LogP contribution in [-0.2, 0) is 28.8 Å². The highest BCUT2D eigenvalue weighted by Gasteiger charge is 2.44. The second-order valence-electron chi connectivity index (χ2n) is 23.8. The van der Waals surface area contributed by atoms with Gasteiger partial charge in [-0.1, -0.05) is 41.5 Å². The van der Waals surface area contributed by atoms with Gasteiger partial charge >= 0.3 is 0 Å². The number of hydrogen-bond donors (Lipinski definition) is 8. The number of rotatable bonds is 22. The molecule has 6 heterocycles. The Kier molecular flexibility index (Phi) is 21.6. The van der Waals surface area contributed by atoms with Gasteiger partial charge in [0.15, 0.2) is 13.2 Å². The second-order valence-corrected chi connectivity index (χ2v) is 23.8. The van der Waals surface area contributed by atoms with Gasteiger partial charge in [-0.25, -0.2) is 29.9 Å². The standard InChI is InChI=1S/C64H78N16O10/c1-37(65-9)57(81)77-53(63(3,4)5)61(85)79-25-17-19-47(79)59(83)75-45-29-41-43(31-49(45)87-11)69-35-71-55(41)73-39-21-23-51(67-33-39)89-27-15-13-14-16-28-90-52-24-22-40(34-68-52)74-56-42-30-46(50(88-12)32-44(42)70-36-72-56)76-60(84)48-20-18-26-80(48)62(86)54(64(6,7)8)78-58(82)38(2)66-10/h21-24,29-38,47-48,53-54,65-66H,17-20,25-28H2,1-12H3,(H,75,83)(H,76,84)(H,77,81)(H,78,82)(H,69,71,73)(H,70,72,74)/t37-,38-,47-,48-,53+,54+/m0/s1. The lowest BCUT2D eigenvalue weighted by Gasteiger charge is -2.36. The van der Waals surface area contributed by atoms with Gasteiger partial charge in [0.2, 0.25) is 47.2 Å². The van der Waals surface area contributed by atoms with Gasteiger partial charge in [0.1, 0.15) is 60.0 Å². The smallest absolute Gasteiger partial charge is 0.247 e. The molecule has 8 N–H and O–H groups in total. The van der Waals surface area contributed by atoms with Gasteiger partial charge < -0.3 is 71.3 Å². The van der Waals surface area contributed by atoms with Gasteiger partial charge in [-0.15, -0.1) is 0 Å². The number of aromatic nitrogens is 6. The number of carbonyl (C=O) groups is 6. The summed E-state index contributed by atoms with van der Waals surface area (Å²) in [7, 11) is 6.32. The Hall–Kier alpha value is -9.92. The van der Waals surface area contributed by atoms with E-state index in [0.29, 0.717) is 118 Å². The van der Waals surface area contributed by atoms with E-state index in [9.17, 15) is 28.8 Å². The Morgan fingerprint density at radius 1 is 0.578 bits per heavy atom. The normalized spacial score (nSPS) is 16.0. The number of likely N-dealkylation sites (N-methyl/N-ethyl adjacent to an activating group) is 2. The first-order valence-corrected chi connectivity index (χ1v) is 29.5. The van der Waals surface area contributed by atoms with Crippen molar-refractivity contribution in [2.24, 2.45) is 10.8 Å². The number of ether oxygens (including phenoxy) is 4. The first-order chi connectivity index (χ1) is 43.0. The molecule has 0 spiro atoms. The monoisotopic (exact) mass is 1230 g/mol. The summed E-state index contributed by atoms with van der Waals surface area (Å²) >= 11 is 0. The number of benzene rings is 2. The molecule has 0 aliphatic carbocycles. The van der Waals surface area contributed by atoms with Crippen LogP contribution in [0.3, 0.4) is 0 Å². The Balaban J connectivity index is 0.821. The summed E-state index contributed by atoms with van der Waals surface area (Å²) in [4.78, 5) is 112. The molecule has 474 valence electrons. The van der Waals surface area contributed by atoms with Crippen LogP contribution < -0.4 is 61.5 Å². The third-order valence-electron chi connectivity index (χ3n) is 15.4. The first-order valence-electron chi connectivity index (χ1n) is 29.5. The largest absolute Gasteiger partial charge is 0.494 e. The molecule has 0 saturated carbocycles. The molecular weight excluding hydrogens is 1150 g/mol. The zero-order valence-corrected chi connectivity index (χ0v) is 52.7. The molecule has 26 heteroatoms. The quantitative estimate of drug-likeness (QED) is 0.0391. The van der Waals surface area contributed by atoms with E-state index in [1.165, 1.54) is 26.9 Å². The summed E-state index contributed by atoms with van der Waals surface area (Å²) in [5.41, 5.74) is 1.72. The van der Waals surface area contributed by atoms with Gasteiger partial charge in [-0.05, 0) is 112 Å². The molecular formula is C64H78N16O10. The number of hydrogen-bond acceptors (Lipinski definition) is 20. The third-order valence-corrected chi connectivity index (χ3v) is 15.4. The molecule has 2 fully saturated rings. The van der Waals surface area contributed by atoms with Crippen molar-refractivity contribution in [3.05, 3.63) is 73.6 Å². The van der Waals surface area contributed by atoms with E-state index in [-0.39, 0.29) is 36.8 Å². The maximum atomic E-state index is 14.1. The number of anilines is 6. The number of nitrogens with one attached hydrogen (secondary N) is 8. The summed E-state index contributed by atoms with van der Waals surface area (Å²) in [6, 6.07) is 9.36. The molecule has 6 atom stereocenters. The van der Waals surface area contributed by atoms with Crippen LogP contribution in [-0.4, -0.2) is 166 Å². The lowest BCUT2D eigenvalue weighted by atomic mass is 9.85. The molecule has 0 radical (unpaired) electrons. The Morgan fingerprint density at radius 2 is 0.978 bits per heavy atom. The number of fused-ring (bicyclic) bond motifs is 2. The minimum Gasteiger partial charge on any atom is -0.494 e. The topological polar surface area (TPSA) is 319 Å². The SMILES string of the molecule is CN[C@@H](C)C(=O)N[C@H](C(=O)N1CCC[C@H]1C(=O)Nc1cc2c(Nc3ccc(OCC#CC#CCOc4ccc(Nc5ncnc6cc(OC)c(NC(=O)[C@@H]7CCCN7C(=O)[C@@H](NC(=O)[C@H](C)NC)C(C)(C)C)cc56)cn4)nc3)ncnc2cc1OC)C(C)(C)C. The molecule has 2 aromatic carbocycles. The summed E-state index contributed by atoms with van der Waals surface area (Å²) in [6.07, 6.45) is 8.07. The summed E-state index contributed by atoms with van der Waals surface area (Å²) in [5, 5.41) is 25.2. The van der Waals surface area contributed by atoms with Crippen LogP contribution in [0.1, 0.15) is 81.1 Å². The molecule has 8 rings (SSSR count). The predicted octanol–water partition coefficient (Wildman–Crippen LogP) is 5.47. The Morgan fingerprint density at radius 3 is 1.32 bits per heavy atom. The number of methoxy groups -OCH3 is 2. The van der Waals surface area contributed by atoms with Crippen molar-refractivity contribution in [2.45, 2.75) is 117 Å². The van der Waals surface area contributed by atoms with E-state index >= 15 is 0 Å². The number of amides is 6. The van der Waals surface area contributed by atoms with E-state index in [0.717, 1.165) is 0 Å². The maximum absolute atomic E-state index is 14.1. The van der Waals surface area contributed by atoms with Crippen molar-refractivity contribution in [3.8, 4) is 46.9 Å². The average Bonchev–Trinajstić information content (AvgIpc) is 1.46. The number of nitrogens with zero attached hydrogens (tertiary/aromatic N) is 8. The fourth-order valence-electron chi connectivity index (χ4n) is 10.1. The van der Waals surface area contributed by atoms with E-state index < -0.39 is 58.9 Å². The van der Waals surface area contributed by atoms with Gasteiger partial charge in [-0.2, -0.15) is 0 Å². The fraction of sp³-hybridized carbons (Fsp3) is 0.438. The summed E-state index contributed by atoms with van der Waals surface area (Å²) in [6.45, 7) is 15.4. The first kappa shape index (κ1) is 66.0. The van der Waals surface area contributed by atoms with Crippen molar-refractivity contribution < 1.29 is 47.7 Å². The molecule has 2 saturated heterocycles. The van der Waals surface area contributed by atoms with E-state index in [4.69, 9.17) is 18.9 Å². The molecule has 6 aromatic rings. The van der Waals surface area contributed by atoms with Gasteiger partial charge in [0.05, 0.1) is 72.5 Å². The maximum Gasteiger partial charge on any atom is 0.247 e. The Bertz CT molecular complexity index is 3500. The zero-order chi connectivity index (χ0) is 64.9. The van der Waals surface area contributed by atoms with Crippen LogP contribution in [0.5, 0.6) is 23.3 Å². The van der Waals surface area contributed by atoms with Gasteiger partial charge in [0, 0.05) is 48.1 Å². The lowest BCUT2D eigenvalue weighted by Crippen LogP contribution is -2.59. The van der Waals surface area contributed by atoms with Crippen LogP contribution >= 0.6 is 0 Å². The van der Waals surface area contributed by atoms with Crippen LogP contribution in [0, 0.1) is 34.5 Å². The Labute approximate surface area is 522 Å². The highest BCUT2D eigenvalue weighted by Crippen LogP contribution is 2.37. The second kappa shape index (κ2) is 29.4. The van der Waals surface area contributed by atoms with Crippen molar-refractivity contribution in [1.29, 1.82) is 0 Å². The zero-order valence-electron chi connectivity index (χ0n) is 52.7. The minimum atomic E-state index is -0.859. The molecule has 2 aliphatic rings. The minimum absolute atomic E-state index is 0.0135. The highest BCUT2D eigenvalue weighted by molar-refractivity contribution is 6.05. The van der Waals surface area contributed by atoms with Crippen LogP contribution in [0.25, 0.3) is 21.8 Å². The molecule has 26 nitrogen and oxygen atoms in total. The summed E-state index contributed by atoms with van der Waals surface area (Å²) < 4.78 is 22.8. The van der Waals surface area contributed by atoms with Crippen molar-refractivity contribution in [2.75, 3.05) is 75.9 Å². The summed E-state index contributed by atoms with van der Waals surface area (Å²) in [5.74, 6) is 11.3. The van der Waals surface area contributed by atoms with Crippen molar-refractivity contribution >= 4 is 91.6 Å². The van der Waals surface area contributed by atoms with Crippen molar-refractivity contribution in [3.63, 3.8) is 0 Å². The number of likely N-dealkylation sites (tertiary alicyclic amines) is 2. The predicted molar refractivity (Wildman–Crippen MR) is 340 cm³/mol. The van der Waals surface area contributed by atoms with Gasteiger partial charge in [0.25, 0.3) is 0 Å². The van der Waals surface area contributed by atoms with Crippen LogP contribution in [0.2, 0.25) is 0 Å². The molecule has 0 unspecified atom stereocenters. The molecule has 0 bridgehead atoms. The average molecular weight is 1230 g/mol. The molecule has 6 amide bonds. The molecule has 4 aromatic heterocycles. The molecule has 90 heavy (non-hydrogen) atoms. The number of carbonyl (C=O) groups excluding carboxylic acids is 6. The van der Waals surface area contributed by atoms with Crippen LogP contribution in [0.15, 0.2) is 73.6 Å². The number of pyridine rings is 2. The highest BCUT2D eigenvalue weighted by atomic mass is 16.5. The van der Waals surface area contributed by atoms with E-state index in [1.54, 1.807) is 98.7 Å². The molecule has 2 aliphatic heterocycles. The lowest BCUT2D eigenvalue weighted by molar-refractivity contribution is -0.143. The van der Waals surface area contributed by atoms with E-state index in [2.05, 4.69) is 96.1 Å². The third kappa shape index (κ3) is 16.2. The van der Waals surface area contributed by atoms with Gasteiger partial charge in [-0.3, -0.25) is 28.8 Å². The van der Waals surface area contributed by atoms with E-state index in [1.807, 2.05) is 41.5 Å².